The molecule has 0 saturated carbocycles. The molecule has 0 spiro atoms. The van der Waals surface area contributed by atoms with Crippen LogP contribution < -0.4 is 16.9 Å². The van der Waals surface area contributed by atoms with Gasteiger partial charge in [-0.2, -0.15) is 0 Å². The van der Waals surface area contributed by atoms with Gasteiger partial charge in [0.1, 0.15) is 0 Å². The fraction of sp³-hybridized carbons (Fsp3) is 0.167. The molecule has 1 atom stereocenters. The van der Waals surface area contributed by atoms with Crippen LogP contribution in [0.5, 0.6) is 0 Å². The van der Waals surface area contributed by atoms with Crippen molar-refractivity contribution >= 4 is 35.3 Å². The molecule has 0 fully saturated rings. The number of hydrogen-bond acceptors (Lipinski definition) is 6. The molecule has 8 nitrogen and oxygen atoms in total. The Hall–Kier alpha value is -2.26. The molecule has 0 bridgehead atoms. The first-order chi connectivity index (χ1) is 10.4. The van der Waals surface area contributed by atoms with Crippen LogP contribution in [0.2, 0.25) is 5.02 Å². The Morgan fingerprint density at radius 2 is 1.95 bits per heavy atom. The molecule has 2 aromatic rings. The number of thioether (sulfide) groups is 1. The topological polar surface area (TPSA) is 129 Å². The number of halogens is 1. The Bertz CT molecular complexity index is 702. The van der Waals surface area contributed by atoms with Gasteiger partial charge >= 0.3 is 6.03 Å². The first-order valence-corrected chi connectivity index (χ1v) is 7.37. The minimum absolute atomic E-state index is 0.331. The average molecular weight is 341 g/mol. The van der Waals surface area contributed by atoms with E-state index in [0.717, 1.165) is 17.3 Å². The van der Waals surface area contributed by atoms with Gasteiger partial charge in [0.2, 0.25) is 11.1 Å². The van der Waals surface area contributed by atoms with Crippen LogP contribution in [0.1, 0.15) is 6.92 Å². The number of amides is 3. The fourth-order valence-corrected chi connectivity index (χ4v) is 2.48. The van der Waals surface area contributed by atoms with Crippen molar-refractivity contribution in [3.63, 3.8) is 0 Å². The van der Waals surface area contributed by atoms with Crippen molar-refractivity contribution in [2.24, 2.45) is 5.73 Å². The summed E-state index contributed by atoms with van der Waals surface area (Å²) >= 11 is 6.89. The maximum atomic E-state index is 11.6. The van der Waals surface area contributed by atoms with Gasteiger partial charge in [0.25, 0.3) is 0 Å². The molecule has 0 aliphatic rings. The van der Waals surface area contributed by atoms with Crippen LogP contribution in [0.4, 0.5) is 4.79 Å². The molecule has 2 rings (SSSR count). The standard InChI is InChI=1S/C12H13ClN6O2S/c1-6(10(20)16-11(14)21)22-12-18-17-9(19(12)15)7-2-4-8(13)5-3-7/h2-6H,15H2,1H3,(H3,14,16,20,21)/t6-/m1/s1. The first-order valence-electron chi connectivity index (χ1n) is 6.12. The molecule has 0 radical (unpaired) electrons. The number of nitrogens with two attached hydrogens (primary N) is 2. The summed E-state index contributed by atoms with van der Waals surface area (Å²) in [4.78, 5) is 22.3. The maximum absolute atomic E-state index is 11.6. The summed E-state index contributed by atoms with van der Waals surface area (Å²) in [6, 6.07) is 6.03. The zero-order chi connectivity index (χ0) is 16.3. The van der Waals surface area contributed by atoms with E-state index in [4.69, 9.17) is 23.2 Å². The summed E-state index contributed by atoms with van der Waals surface area (Å²) in [5, 5.41) is 10.2. The molecule has 0 saturated heterocycles. The van der Waals surface area contributed by atoms with E-state index < -0.39 is 17.2 Å². The van der Waals surface area contributed by atoms with Gasteiger partial charge in [-0.3, -0.25) is 10.1 Å². The van der Waals surface area contributed by atoms with Crippen molar-refractivity contribution in [1.29, 1.82) is 0 Å². The highest BCUT2D eigenvalue weighted by molar-refractivity contribution is 8.00. The van der Waals surface area contributed by atoms with Crippen LogP contribution in [0.25, 0.3) is 11.4 Å². The van der Waals surface area contributed by atoms with Crippen LogP contribution in [0.3, 0.4) is 0 Å². The highest BCUT2D eigenvalue weighted by Crippen LogP contribution is 2.25. The van der Waals surface area contributed by atoms with Crippen molar-refractivity contribution in [3.05, 3.63) is 29.3 Å². The Kier molecular flexibility index (Phi) is 4.88. The van der Waals surface area contributed by atoms with Crippen molar-refractivity contribution in [2.75, 3.05) is 5.84 Å². The zero-order valence-electron chi connectivity index (χ0n) is 11.5. The number of nitrogen functional groups attached to an aromatic ring is 1. The molecular formula is C12H13ClN6O2S. The van der Waals surface area contributed by atoms with Crippen molar-refractivity contribution in [1.82, 2.24) is 20.2 Å². The Morgan fingerprint density at radius 1 is 1.32 bits per heavy atom. The smallest absolute Gasteiger partial charge is 0.318 e. The van der Waals surface area contributed by atoms with E-state index in [2.05, 4.69) is 10.2 Å². The molecule has 22 heavy (non-hydrogen) atoms. The van der Waals surface area contributed by atoms with Crippen LogP contribution in [0.15, 0.2) is 29.4 Å². The summed E-state index contributed by atoms with van der Waals surface area (Å²) in [5.41, 5.74) is 5.63. The number of aromatic nitrogens is 3. The van der Waals surface area contributed by atoms with E-state index in [0.29, 0.717) is 16.0 Å². The predicted molar refractivity (Wildman–Crippen MR) is 83.7 cm³/mol. The minimum atomic E-state index is -0.909. The Morgan fingerprint density at radius 3 is 2.55 bits per heavy atom. The molecule has 10 heteroatoms. The summed E-state index contributed by atoms with van der Waals surface area (Å²) in [5.74, 6) is 5.84. The number of carbonyl (C=O) groups is 2. The fourth-order valence-electron chi connectivity index (χ4n) is 1.59. The molecule has 3 amide bonds. The number of imide groups is 1. The SMILES string of the molecule is C[C@@H](Sc1nnc(-c2ccc(Cl)cc2)n1N)C(=O)NC(N)=O. The van der Waals surface area contributed by atoms with E-state index in [9.17, 15) is 9.59 Å². The largest absolute Gasteiger partial charge is 0.351 e. The second kappa shape index (κ2) is 6.67. The summed E-state index contributed by atoms with van der Waals surface area (Å²) in [7, 11) is 0. The average Bonchev–Trinajstić information content (AvgIpc) is 2.80. The lowest BCUT2D eigenvalue weighted by Gasteiger charge is -2.09. The van der Waals surface area contributed by atoms with Crippen molar-refractivity contribution in [2.45, 2.75) is 17.3 Å². The van der Waals surface area contributed by atoms with Crippen LogP contribution in [-0.4, -0.2) is 32.1 Å². The van der Waals surface area contributed by atoms with Crippen LogP contribution in [0, 0.1) is 0 Å². The van der Waals surface area contributed by atoms with Crippen molar-refractivity contribution in [3.8, 4) is 11.4 Å². The lowest BCUT2D eigenvalue weighted by atomic mass is 10.2. The summed E-state index contributed by atoms with van der Waals surface area (Å²) < 4.78 is 1.27. The number of urea groups is 1. The molecule has 116 valence electrons. The highest BCUT2D eigenvalue weighted by atomic mass is 35.5. The van der Waals surface area contributed by atoms with E-state index in [1.54, 1.807) is 31.2 Å². The minimum Gasteiger partial charge on any atom is -0.351 e. The number of hydrogen-bond donors (Lipinski definition) is 3. The van der Waals surface area contributed by atoms with Gasteiger partial charge in [-0.1, -0.05) is 23.4 Å². The normalized spacial score (nSPS) is 11.9. The highest BCUT2D eigenvalue weighted by Gasteiger charge is 2.20. The number of nitrogens with zero attached hydrogens (tertiary/aromatic N) is 3. The van der Waals surface area contributed by atoms with E-state index in [1.807, 2.05) is 5.32 Å². The van der Waals surface area contributed by atoms with Gasteiger partial charge in [-0.15, -0.1) is 10.2 Å². The third kappa shape index (κ3) is 3.68. The second-order valence-electron chi connectivity index (χ2n) is 4.30. The molecule has 5 N–H and O–H groups in total. The summed E-state index contributed by atoms with van der Waals surface area (Å²) in [6.45, 7) is 1.60. The van der Waals surface area contributed by atoms with Crippen LogP contribution in [-0.2, 0) is 4.79 Å². The van der Waals surface area contributed by atoms with Gasteiger partial charge in [0, 0.05) is 10.6 Å². The molecule has 1 aromatic carbocycles. The van der Waals surface area contributed by atoms with E-state index in [1.165, 1.54) is 4.68 Å². The van der Waals surface area contributed by atoms with Gasteiger partial charge in [0.05, 0.1) is 5.25 Å². The third-order valence-corrected chi connectivity index (χ3v) is 3.97. The van der Waals surface area contributed by atoms with E-state index in [-0.39, 0.29) is 0 Å². The molecule has 1 heterocycles. The first kappa shape index (κ1) is 16.1. The number of benzene rings is 1. The maximum Gasteiger partial charge on any atom is 0.318 e. The quantitative estimate of drug-likeness (QED) is 0.562. The molecule has 0 aliphatic heterocycles. The monoisotopic (exact) mass is 340 g/mol. The van der Waals surface area contributed by atoms with Crippen LogP contribution >= 0.6 is 23.4 Å². The molecule has 0 unspecified atom stereocenters. The van der Waals surface area contributed by atoms with E-state index >= 15 is 0 Å². The number of carbonyl (C=O) groups excluding carboxylic acids is 2. The lowest BCUT2D eigenvalue weighted by Crippen LogP contribution is -2.39. The number of nitrogens with one attached hydrogen (secondary N) is 1. The predicted octanol–water partition coefficient (Wildman–Crippen LogP) is 0.988. The molecular weight excluding hydrogens is 328 g/mol. The third-order valence-electron chi connectivity index (χ3n) is 2.66. The number of primary amides is 1. The van der Waals surface area contributed by atoms with Gasteiger partial charge in [-0.05, 0) is 31.2 Å². The molecule has 1 aromatic heterocycles. The Labute approximate surface area is 135 Å². The molecule has 0 aliphatic carbocycles. The second-order valence-corrected chi connectivity index (χ2v) is 6.04. The van der Waals surface area contributed by atoms with Crippen molar-refractivity contribution < 1.29 is 9.59 Å². The zero-order valence-corrected chi connectivity index (χ0v) is 13.1. The van der Waals surface area contributed by atoms with Gasteiger partial charge in [0.15, 0.2) is 5.82 Å². The lowest BCUT2D eigenvalue weighted by molar-refractivity contribution is -0.119. The van der Waals surface area contributed by atoms with Gasteiger partial charge in [-0.25, -0.2) is 9.47 Å². The Balaban J connectivity index is 2.16. The van der Waals surface area contributed by atoms with Gasteiger partial charge < -0.3 is 11.6 Å². The number of rotatable bonds is 4. The summed E-state index contributed by atoms with van der Waals surface area (Å²) in [6.07, 6.45) is 0.